The second-order valence-corrected chi connectivity index (χ2v) is 10.5. The number of alkyl halides is 4. The maximum Gasteiger partial charge on any atom is 0.434 e. The fourth-order valence-corrected chi connectivity index (χ4v) is 4.88. The van der Waals surface area contributed by atoms with Crippen molar-refractivity contribution in [2.75, 3.05) is 13.2 Å². The van der Waals surface area contributed by atoms with Gasteiger partial charge in [0.1, 0.15) is 34.8 Å². The SMILES string of the molecule is Fc1ccc(C2(C(F)(F)Oc3cccc(COCc4cccc(OC(F)(F)C5(c6ccc(F)cc6F)CO5)c4)c3)CO2)c(F)c1. The van der Waals surface area contributed by atoms with Crippen LogP contribution in [0.1, 0.15) is 22.3 Å². The van der Waals surface area contributed by atoms with Crippen molar-refractivity contribution in [3.8, 4) is 11.5 Å². The first-order valence-electron chi connectivity index (χ1n) is 13.4. The number of epoxide rings is 2. The normalized spacial score (nSPS) is 21.0. The maximum atomic E-state index is 15.1. The van der Waals surface area contributed by atoms with Crippen LogP contribution in [0.2, 0.25) is 0 Å². The molecule has 13 heteroatoms. The highest BCUT2D eigenvalue weighted by Gasteiger charge is 2.70. The van der Waals surface area contributed by atoms with Gasteiger partial charge >= 0.3 is 12.2 Å². The van der Waals surface area contributed by atoms with Crippen LogP contribution in [0.3, 0.4) is 0 Å². The van der Waals surface area contributed by atoms with Gasteiger partial charge < -0.3 is 23.7 Å². The molecule has 2 saturated heterocycles. The van der Waals surface area contributed by atoms with E-state index in [0.29, 0.717) is 23.3 Å². The van der Waals surface area contributed by atoms with Crippen LogP contribution in [-0.4, -0.2) is 25.4 Å². The molecule has 0 N–H and O–H groups in total. The highest BCUT2D eigenvalue weighted by atomic mass is 19.3. The molecule has 0 aromatic heterocycles. The zero-order valence-corrected chi connectivity index (χ0v) is 23.0. The molecular formula is C32H22F8O5. The largest absolute Gasteiger partial charge is 0.434 e. The van der Waals surface area contributed by atoms with Crippen LogP contribution in [0.25, 0.3) is 0 Å². The lowest BCUT2D eigenvalue weighted by atomic mass is 9.98. The van der Waals surface area contributed by atoms with Crippen molar-refractivity contribution in [3.63, 3.8) is 0 Å². The van der Waals surface area contributed by atoms with Gasteiger partial charge in [0.2, 0.25) is 11.2 Å². The average Bonchev–Trinajstić information content (AvgIpc) is 3.88. The molecule has 4 aromatic carbocycles. The summed E-state index contributed by atoms with van der Waals surface area (Å²) in [6.45, 7) is -1.29. The Morgan fingerprint density at radius 2 is 0.978 bits per heavy atom. The van der Waals surface area contributed by atoms with Crippen LogP contribution in [0.15, 0.2) is 84.9 Å². The van der Waals surface area contributed by atoms with Crippen LogP contribution in [0.4, 0.5) is 35.1 Å². The third kappa shape index (κ3) is 5.95. The van der Waals surface area contributed by atoms with Gasteiger partial charge in [-0.1, -0.05) is 24.3 Å². The molecule has 6 rings (SSSR count). The molecule has 2 unspecified atom stereocenters. The molecule has 0 spiro atoms. The molecule has 45 heavy (non-hydrogen) atoms. The molecular weight excluding hydrogens is 616 g/mol. The predicted molar refractivity (Wildman–Crippen MR) is 141 cm³/mol. The minimum Gasteiger partial charge on any atom is -0.430 e. The Bertz CT molecular complexity index is 1600. The molecule has 0 bridgehead atoms. The van der Waals surface area contributed by atoms with E-state index in [2.05, 4.69) is 0 Å². The third-order valence-electron chi connectivity index (χ3n) is 7.37. The van der Waals surface area contributed by atoms with Gasteiger partial charge in [-0.15, -0.1) is 0 Å². The van der Waals surface area contributed by atoms with Crippen LogP contribution in [0.5, 0.6) is 11.5 Å². The van der Waals surface area contributed by atoms with Crippen molar-refractivity contribution in [2.45, 2.75) is 36.6 Å². The summed E-state index contributed by atoms with van der Waals surface area (Å²) in [6.07, 6.45) is -8.03. The summed E-state index contributed by atoms with van der Waals surface area (Å²) < 4.78 is 141. The molecule has 5 nitrogen and oxygen atoms in total. The minimum absolute atomic E-state index is 0.0982. The average molecular weight is 639 g/mol. The van der Waals surface area contributed by atoms with Crippen molar-refractivity contribution in [1.82, 2.24) is 0 Å². The van der Waals surface area contributed by atoms with E-state index in [0.717, 1.165) is 24.3 Å². The number of benzene rings is 4. The highest BCUT2D eigenvalue weighted by molar-refractivity contribution is 5.35. The molecule has 0 saturated carbocycles. The summed E-state index contributed by atoms with van der Waals surface area (Å²) in [5.41, 5.74) is -5.09. The summed E-state index contributed by atoms with van der Waals surface area (Å²) in [4.78, 5) is 0. The topological polar surface area (TPSA) is 52.8 Å². The highest BCUT2D eigenvalue weighted by Crippen LogP contribution is 2.53. The molecule has 2 atom stereocenters. The zero-order chi connectivity index (χ0) is 32.0. The smallest absolute Gasteiger partial charge is 0.430 e. The summed E-state index contributed by atoms with van der Waals surface area (Å²) in [5.74, 6) is -4.80. The second kappa shape index (κ2) is 11.3. The van der Waals surface area contributed by atoms with E-state index < -0.39 is 71.0 Å². The Kier molecular flexibility index (Phi) is 7.74. The van der Waals surface area contributed by atoms with Gasteiger partial charge in [-0.05, 0) is 59.7 Å². The number of ether oxygens (including phenoxy) is 5. The van der Waals surface area contributed by atoms with Crippen molar-refractivity contribution >= 4 is 0 Å². The number of hydrogen-bond donors (Lipinski definition) is 0. The molecule has 0 aliphatic carbocycles. The first-order chi connectivity index (χ1) is 21.3. The van der Waals surface area contributed by atoms with Gasteiger partial charge in [-0.25, -0.2) is 17.6 Å². The number of halogens is 8. The van der Waals surface area contributed by atoms with Crippen LogP contribution < -0.4 is 9.47 Å². The predicted octanol–water partition coefficient (Wildman–Crippen LogP) is 7.75. The van der Waals surface area contributed by atoms with E-state index in [1.807, 2.05) is 0 Å². The third-order valence-corrected chi connectivity index (χ3v) is 7.37. The van der Waals surface area contributed by atoms with Crippen LogP contribution in [-0.2, 0) is 38.6 Å². The molecule has 236 valence electrons. The first-order valence-corrected chi connectivity index (χ1v) is 13.4. The Balaban J connectivity index is 1.08. The van der Waals surface area contributed by atoms with E-state index >= 15 is 17.6 Å². The maximum absolute atomic E-state index is 15.1. The van der Waals surface area contributed by atoms with E-state index in [1.165, 1.54) is 36.4 Å². The van der Waals surface area contributed by atoms with Gasteiger partial charge in [0.05, 0.1) is 26.4 Å². The van der Waals surface area contributed by atoms with Gasteiger partial charge in [0.15, 0.2) is 0 Å². The van der Waals surface area contributed by atoms with E-state index in [1.54, 1.807) is 12.1 Å². The van der Waals surface area contributed by atoms with Crippen LogP contribution >= 0.6 is 0 Å². The fourth-order valence-electron chi connectivity index (χ4n) is 4.88. The van der Waals surface area contributed by atoms with Crippen molar-refractivity contribution in [1.29, 1.82) is 0 Å². The van der Waals surface area contributed by atoms with Gasteiger partial charge in [0, 0.05) is 23.3 Å². The molecule has 0 amide bonds. The standard InChI is InChI=1S/C32H22F8O5/c33-21-7-9-25(27(35)13-21)29(17-42-29)31(37,38)44-23-5-1-3-19(11-23)15-41-16-20-4-2-6-24(12-20)45-32(39,40)30(18-43-30)26-10-8-22(34)14-28(26)36/h1-14H,15-18H2. The molecule has 2 aliphatic heterocycles. The molecule has 2 heterocycles. The lowest BCUT2D eigenvalue weighted by molar-refractivity contribution is -0.227. The summed E-state index contributed by atoms with van der Waals surface area (Å²) in [7, 11) is 0. The van der Waals surface area contributed by atoms with Gasteiger partial charge in [-0.3, -0.25) is 0 Å². The fraction of sp³-hybridized carbons (Fsp3) is 0.250. The zero-order valence-electron chi connectivity index (χ0n) is 23.0. The lowest BCUT2D eigenvalue weighted by Crippen LogP contribution is -2.41. The Hall–Kier alpha value is -4.20. The molecule has 2 aliphatic rings. The second-order valence-electron chi connectivity index (χ2n) is 10.5. The molecule has 2 fully saturated rings. The Labute approximate surface area is 250 Å². The molecule has 0 radical (unpaired) electrons. The van der Waals surface area contributed by atoms with Crippen molar-refractivity contribution in [3.05, 3.63) is 130 Å². The molecule has 4 aromatic rings. The van der Waals surface area contributed by atoms with E-state index in [-0.39, 0.29) is 24.7 Å². The number of hydrogen-bond acceptors (Lipinski definition) is 5. The minimum atomic E-state index is -4.01. The first kappa shape index (κ1) is 30.8. The lowest BCUT2D eigenvalue weighted by Gasteiger charge is -2.25. The van der Waals surface area contributed by atoms with Crippen molar-refractivity contribution < 1.29 is 58.8 Å². The van der Waals surface area contributed by atoms with Crippen LogP contribution in [0, 0.1) is 23.3 Å². The number of rotatable bonds is 12. The van der Waals surface area contributed by atoms with E-state index in [4.69, 9.17) is 23.7 Å². The van der Waals surface area contributed by atoms with Crippen molar-refractivity contribution in [2.24, 2.45) is 0 Å². The summed E-state index contributed by atoms with van der Waals surface area (Å²) in [6, 6.07) is 15.4. The quantitative estimate of drug-likeness (QED) is 0.117. The monoisotopic (exact) mass is 638 g/mol. The summed E-state index contributed by atoms with van der Waals surface area (Å²) >= 11 is 0. The summed E-state index contributed by atoms with van der Waals surface area (Å²) in [5, 5.41) is 0. The van der Waals surface area contributed by atoms with Gasteiger partial charge in [0.25, 0.3) is 0 Å². The Morgan fingerprint density at radius 3 is 1.33 bits per heavy atom. The Morgan fingerprint density at radius 1 is 0.578 bits per heavy atom. The van der Waals surface area contributed by atoms with Gasteiger partial charge in [-0.2, -0.15) is 17.6 Å². The van der Waals surface area contributed by atoms with E-state index in [9.17, 15) is 17.6 Å².